The van der Waals surface area contributed by atoms with Gasteiger partial charge in [0.25, 0.3) is 0 Å². The summed E-state index contributed by atoms with van der Waals surface area (Å²) in [5.74, 6) is 1.29. The Kier molecular flexibility index (Phi) is 3.49. The highest BCUT2D eigenvalue weighted by atomic mass is 35.5. The molecule has 2 rings (SSSR count). The molecule has 1 aromatic carbocycles. The van der Waals surface area contributed by atoms with Gasteiger partial charge >= 0.3 is 0 Å². The number of rotatable bonds is 4. The Hall–Kier alpha value is -1.02. The molecular formula is C13H16ClNO. The molecule has 3 unspecified atom stereocenters. The summed E-state index contributed by atoms with van der Waals surface area (Å²) in [7, 11) is 0. The zero-order valence-corrected chi connectivity index (χ0v) is 10.1. The minimum atomic E-state index is -0.0665. The molecule has 1 aliphatic carbocycles. The maximum absolute atomic E-state index is 11.8. The molecule has 0 aliphatic heterocycles. The van der Waals surface area contributed by atoms with Crippen molar-refractivity contribution in [1.82, 2.24) is 5.32 Å². The lowest BCUT2D eigenvalue weighted by atomic mass is 10.1. The van der Waals surface area contributed by atoms with Gasteiger partial charge < -0.3 is 5.32 Å². The maximum atomic E-state index is 11.8. The molecular weight excluding hydrogens is 222 g/mol. The van der Waals surface area contributed by atoms with Crippen molar-refractivity contribution >= 4 is 17.5 Å². The number of benzene rings is 1. The van der Waals surface area contributed by atoms with Gasteiger partial charge in [0.1, 0.15) is 0 Å². The minimum Gasteiger partial charge on any atom is -0.348 e. The van der Waals surface area contributed by atoms with Crippen molar-refractivity contribution in [1.29, 1.82) is 0 Å². The molecule has 1 saturated carbocycles. The molecule has 16 heavy (non-hydrogen) atoms. The van der Waals surface area contributed by atoms with E-state index in [0.29, 0.717) is 11.8 Å². The van der Waals surface area contributed by atoms with Crippen LogP contribution in [0.5, 0.6) is 0 Å². The molecule has 1 aromatic rings. The van der Waals surface area contributed by atoms with E-state index in [9.17, 15) is 4.79 Å². The van der Waals surface area contributed by atoms with Crippen molar-refractivity contribution in [2.24, 2.45) is 11.8 Å². The Balaban J connectivity index is 1.98. The van der Waals surface area contributed by atoms with E-state index in [4.69, 9.17) is 11.6 Å². The van der Waals surface area contributed by atoms with Crippen molar-refractivity contribution in [2.45, 2.75) is 19.4 Å². The van der Waals surface area contributed by atoms with E-state index >= 15 is 0 Å². The number of nitrogens with one attached hydrogen (secondary N) is 1. The summed E-state index contributed by atoms with van der Waals surface area (Å²) < 4.78 is 0. The van der Waals surface area contributed by atoms with E-state index in [1.807, 2.05) is 30.3 Å². The molecule has 0 saturated heterocycles. The molecule has 1 fully saturated rings. The monoisotopic (exact) mass is 237 g/mol. The molecule has 0 heterocycles. The van der Waals surface area contributed by atoms with Crippen molar-refractivity contribution in [3.05, 3.63) is 35.9 Å². The Labute approximate surface area is 101 Å². The summed E-state index contributed by atoms with van der Waals surface area (Å²) in [6, 6.07) is 9.79. The number of hydrogen-bond donors (Lipinski definition) is 1. The van der Waals surface area contributed by atoms with Crippen LogP contribution in [0.2, 0.25) is 0 Å². The number of carbonyl (C=O) groups is 1. The Morgan fingerprint density at radius 2 is 2.12 bits per heavy atom. The van der Waals surface area contributed by atoms with Crippen LogP contribution in [-0.2, 0) is 4.79 Å². The predicted octanol–water partition coefficient (Wildman–Crippen LogP) is 2.74. The van der Waals surface area contributed by atoms with Crippen molar-refractivity contribution in [3.63, 3.8) is 0 Å². The zero-order chi connectivity index (χ0) is 11.5. The highest BCUT2D eigenvalue weighted by Crippen LogP contribution is 2.38. The largest absolute Gasteiger partial charge is 0.348 e. The van der Waals surface area contributed by atoms with Crippen LogP contribution in [0.1, 0.15) is 24.9 Å². The van der Waals surface area contributed by atoms with E-state index in [-0.39, 0.29) is 17.9 Å². The van der Waals surface area contributed by atoms with Gasteiger partial charge in [-0.2, -0.15) is 0 Å². The average Bonchev–Trinajstić information content (AvgIpc) is 3.04. The molecule has 3 heteroatoms. The van der Waals surface area contributed by atoms with E-state index < -0.39 is 0 Å². The Morgan fingerprint density at radius 1 is 1.50 bits per heavy atom. The lowest BCUT2D eigenvalue weighted by molar-refractivity contribution is -0.123. The molecule has 0 aromatic heterocycles. The summed E-state index contributed by atoms with van der Waals surface area (Å²) in [6.45, 7) is 2.10. The summed E-state index contributed by atoms with van der Waals surface area (Å²) >= 11 is 5.89. The van der Waals surface area contributed by atoms with Crippen LogP contribution in [0.25, 0.3) is 0 Å². The van der Waals surface area contributed by atoms with Crippen molar-refractivity contribution in [2.75, 3.05) is 5.88 Å². The Morgan fingerprint density at radius 3 is 2.62 bits per heavy atom. The fourth-order valence-electron chi connectivity index (χ4n) is 1.86. The first kappa shape index (κ1) is 11.5. The highest BCUT2D eigenvalue weighted by molar-refractivity contribution is 6.18. The lowest BCUT2D eigenvalue weighted by Crippen LogP contribution is -2.31. The number of alkyl halides is 1. The van der Waals surface area contributed by atoms with E-state index in [2.05, 4.69) is 12.2 Å². The summed E-state index contributed by atoms with van der Waals surface area (Å²) in [6.07, 6.45) is 1.01. The van der Waals surface area contributed by atoms with E-state index in [1.165, 1.54) is 0 Å². The van der Waals surface area contributed by atoms with Crippen LogP contribution in [0, 0.1) is 11.8 Å². The third-order valence-corrected chi connectivity index (χ3v) is 3.43. The molecule has 3 atom stereocenters. The number of carbonyl (C=O) groups excluding carboxylic acids is 1. The van der Waals surface area contributed by atoms with E-state index in [0.717, 1.165) is 12.0 Å². The zero-order valence-electron chi connectivity index (χ0n) is 9.32. The number of hydrogen-bond acceptors (Lipinski definition) is 1. The number of amides is 1. The minimum absolute atomic E-state index is 0.0665. The third kappa shape index (κ3) is 2.56. The van der Waals surface area contributed by atoms with Gasteiger partial charge in [-0.3, -0.25) is 4.79 Å². The quantitative estimate of drug-likeness (QED) is 0.802. The topological polar surface area (TPSA) is 29.1 Å². The van der Waals surface area contributed by atoms with E-state index in [1.54, 1.807) is 0 Å². The third-order valence-electron chi connectivity index (χ3n) is 3.12. The first-order valence-electron chi connectivity index (χ1n) is 5.63. The van der Waals surface area contributed by atoms with Gasteiger partial charge in [0, 0.05) is 11.8 Å². The van der Waals surface area contributed by atoms with Gasteiger partial charge in [0.05, 0.1) is 6.04 Å². The van der Waals surface area contributed by atoms with Crippen LogP contribution in [0.15, 0.2) is 30.3 Å². The van der Waals surface area contributed by atoms with Crippen LogP contribution in [0.4, 0.5) is 0 Å². The summed E-state index contributed by atoms with van der Waals surface area (Å²) in [4.78, 5) is 11.8. The predicted molar refractivity (Wildman–Crippen MR) is 65.3 cm³/mol. The second-order valence-corrected chi connectivity index (χ2v) is 4.75. The smallest absolute Gasteiger partial charge is 0.223 e. The molecule has 1 N–H and O–H groups in total. The molecule has 1 amide bonds. The van der Waals surface area contributed by atoms with Crippen LogP contribution >= 0.6 is 11.6 Å². The lowest BCUT2D eigenvalue weighted by Gasteiger charge is -2.16. The highest BCUT2D eigenvalue weighted by Gasteiger charge is 2.39. The van der Waals surface area contributed by atoms with Gasteiger partial charge in [-0.05, 0) is 17.9 Å². The van der Waals surface area contributed by atoms with Gasteiger partial charge in [0.2, 0.25) is 5.91 Å². The fraction of sp³-hybridized carbons (Fsp3) is 0.462. The van der Waals surface area contributed by atoms with Crippen LogP contribution in [-0.4, -0.2) is 11.8 Å². The second kappa shape index (κ2) is 4.88. The first-order chi connectivity index (χ1) is 7.72. The molecule has 1 aliphatic rings. The number of halogens is 1. The van der Waals surface area contributed by atoms with Gasteiger partial charge in [-0.15, -0.1) is 11.6 Å². The van der Waals surface area contributed by atoms with Crippen molar-refractivity contribution < 1.29 is 4.79 Å². The summed E-state index contributed by atoms with van der Waals surface area (Å²) in [5.41, 5.74) is 1.07. The molecule has 2 nitrogen and oxygen atoms in total. The normalized spacial score (nSPS) is 24.9. The average molecular weight is 238 g/mol. The van der Waals surface area contributed by atoms with Crippen molar-refractivity contribution in [3.8, 4) is 0 Å². The van der Waals surface area contributed by atoms with Gasteiger partial charge in [-0.25, -0.2) is 0 Å². The summed E-state index contributed by atoms with van der Waals surface area (Å²) in [5, 5.41) is 3.00. The molecule has 86 valence electrons. The standard InChI is InChI=1S/C13H16ClNO/c1-9-7-11(9)13(16)15-12(8-14)10-5-3-2-4-6-10/h2-6,9,11-12H,7-8H2,1H3,(H,15,16). The van der Waals surface area contributed by atoms with Crippen LogP contribution in [0.3, 0.4) is 0 Å². The fourth-order valence-corrected chi connectivity index (χ4v) is 2.12. The van der Waals surface area contributed by atoms with Crippen LogP contribution < -0.4 is 5.32 Å². The van der Waals surface area contributed by atoms with Gasteiger partial charge in [0.15, 0.2) is 0 Å². The Bertz CT molecular complexity index is 365. The maximum Gasteiger partial charge on any atom is 0.223 e. The molecule has 0 radical (unpaired) electrons. The second-order valence-electron chi connectivity index (χ2n) is 4.45. The SMILES string of the molecule is CC1CC1C(=O)NC(CCl)c1ccccc1. The molecule has 0 spiro atoms. The molecule has 0 bridgehead atoms. The first-order valence-corrected chi connectivity index (χ1v) is 6.17. The van der Waals surface area contributed by atoms with Gasteiger partial charge in [-0.1, -0.05) is 37.3 Å².